The number of amides is 1. The average molecular weight is 338 g/mol. The first-order chi connectivity index (χ1) is 12.1. The van der Waals surface area contributed by atoms with Crippen LogP contribution in [0.4, 0.5) is 5.69 Å². The highest BCUT2D eigenvalue weighted by Gasteiger charge is 2.17. The summed E-state index contributed by atoms with van der Waals surface area (Å²) < 4.78 is 5.76. The van der Waals surface area contributed by atoms with Crippen LogP contribution in [0.1, 0.15) is 17.3 Å². The van der Waals surface area contributed by atoms with Crippen LogP contribution < -0.4 is 11.1 Å². The maximum atomic E-state index is 12.3. The zero-order valence-corrected chi connectivity index (χ0v) is 13.3. The lowest BCUT2D eigenvalue weighted by atomic mass is 10.1. The van der Waals surface area contributed by atoms with Crippen LogP contribution in [0.2, 0.25) is 0 Å². The summed E-state index contributed by atoms with van der Waals surface area (Å²) in [4.78, 5) is 39.8. The second-order valence-corrected chi connectivity index (χ2v) is 5.25. The molecule has 2 aromatic heterocycles. The molecule has 0 bridgehead atoms. The molecule has 8 heteroatoms. The standard InChI is InChI=1S/C17H14N4O4/c1-11(22)13-6-2-3-7-14(13)19-15(23)10-21-16(20-25-17(21)24)12-5-4-8-18-9-12/h2-9H,10H2,1H3,(H,19,23). The predicted octanol–water partition coefficient (Wildman–Crippen LogP) is 1.74. The molecule has 0 fully saturated rings. The summed E-state index contributed by atoms with van der Waals surface area (Å²) in [5, 5.41) is 6.32. The third kappa shape index (κ3) is 3.52. The predicted molar refractivity (Wildman–Crippen MR) is 89.1 cm³/mol. The van der Waals surface area contributed by atoms with Gasteiger partial charge in [0.1, 0.15) is 6.54 Å². The van der Waals surface area contributed by atoms with Crippen molar-refractivity contribution in [3.8, 4) is 11.4 Å². The summed E-state index contributed by atoms with van der Waals surface area (Å²) >= 11 is 0. The van der Waals surface area contributed by atoms with E-state index in [2.05, 4.69) is 20.0 Å². The number of ketones is 1. The van der Waals surface area contributed by atoms with Crippen molar-refractivity contribution in [2.24, 2.45) is 0 Å². The summed E-state index contributed by atoms with van der Waals surface area (Å²) in [5.41, 5.74) is 1.32. The first kappa shape index (κ1) is 16.3. The van der Waals surface area contributed by atoms with E-state index in [9.17, 15) is 14.4 Å². The molecule has 126 valence electrons. The van der Waals surface area contributed by atoms with E-state index in [1.165, 1.54) is 13.1 Å². The lowest BCUT2D eigenvalue weighted by Crippen LogP contribution is -2.26. The summed E-state index contributed by atoms with van der Waals surface area (Å²) in [6.07, 6.45) is 3.09. The van der Waals surface area contributed by atoms with Crippen molar-refractivity contribution in [3.63, 3.8) is 0 Å². The fourth-order valence-electron chi connectivity index (χ4n) is 2.34. The molecule has 0 radical (unpaired) electrons. The molecule has 1 N–H and O–H groups in total. The minimum atomic E-state index is -0.756. The monoisotopic (exact) mass is 338 g/mol. The van der Waals surface area contributed by atoms with Crippen molar-refractivity contribution in [2.75, 3.05) is 5.32 Å². The lowest BCUT2D eigenvalue weighted by Gasteiger charge is -2.09. The first-order valence-electron chi connectivity index (χ1n) is 7.43. The fraction of sp³-hybridized carbons (Fsp3) is 0.118. The summed E-state index contributed by atoms with van der Waals surface area (Å²) in [6, 6.07) is 10.0. The molecule has 0 saturated heterocycles. The van der Waals surface area contributed by atoms with E-state index in [1.807, 2.05) is 0 Å². The third-order valence-corrected chi connectivity index (χ3v) is 3.49. The van der Waals surface area contributed by atoms with Crippen LogP contribution in [0.3, 0.4) is 0 Å². The Morgan fingerprint density at radius 3 is 2.72 bits per heavy atom. The maximum Gasteiger partial charge on any atom is 0.442 e. The molecular weight excluding hydrogens is 324 g/mol. The van der Waals surface area contributed by atoms with Gasteiger partial charge in [-0.2, -0.15) is 0 Å². The van der Waals surface area contributed by atoms with E-state index >= 15 is 0 Å². The summed E-state index contributed by atoms with van der Waals surface area (Å²) in [5.74, 6) is -1.21. The van der Waals surface area contributed by atoms with Crippen molar-refractivity contribution in [1.29, 1.82) is 0 Å². The molecule has 1 amide bonds. The smallest absolute Gasteiger partial charge is 0.324 e. The van der Waals surface area contributed by atoms with Crippen LogP contribution in [0, 0.1) is 0 Å². The Kier molecular flexibility index (Phi) is 4.51. The molecule has 3 aromatic rings. The Balaban J connectivity index is 1.85. The third-order valence-electron chi connectivity index (χ3n) is 3.49. The molecule has 0 atom stereocenters. The van der Waals surface area contributed by atoms with Gasteiger partial charge in [0.2, 0.25) is 5.91 Å². The Hall–Kier alpha value is -3.55. The molecule has 0 aliphatic heterocycles. The first-order valence-corrected chi connectivity index (χ1v) is 7.43. The Morgan fingerprint density at radius 2 is 2.00 bits per heavy atom. The normalized spacial score (nSPS) is 10.4. The summed E-state index contributed by atoms with van der Waals surface area (Å²) in [7, 11) is 0. The lowest BCUT2D eigenvalue weighted by molar-refractivity contribution is -0.116. The molecule has 0 aliphatic rings. The van der Waals surface area contributed by atoms with Gasteiger partial charge in [-0.15, -0.1) is 0 Å². The van der Waals surface area contributed by atoms with Gasteiger partial charge < -0.3 is 5.32 Å². The van der Waals surface area contributed by atoms with Crippen LogP contribution >= 0.6 is 0 Å². The zero-order chi connectivity index (χ0) is 17.8. The van der Waals surface area contributed by atoms with E-state index < -0.39 is 11.7 Å². The van der Waals surface area contributed by atoms with Crippen molar-refractivity contribution in [2.45, 2.75) is 13.5 Å². The molecule has 0 spiro atoms. The van der Waals surface area contributed by atoms with Crippen LogP contribution in [0.15, 0.2) is 58.1 Å². The number of nitrogens with zero attached hydrogens (tertiary/aromatic N) is 3. The number of hydrogen-bond donors (Lipinski definition) is 1. The Labute approximate surface area is 142 Å². The largest absolute Gasteiger partial charge is 0.442 e. The van der Waals surface area contributed by atoms with E-state index in [4.69, 9.17) is 0 Å². The average Bonchev–Trinajstić information content (AvgIpc) is 2.96. The molecule has 2 heterocycles. The minimum absolute atomic E-state index is 0.172. The number of aromatic nitrogens is 3. The number of carbonyl (C=O) groups excluding carboxylic acids is 2. The van der Waals surface area contributed by atoms with Gasteiger partial charge in [-0.25, -0.2) is 9.36 Å². The van der Waals surface area contributed by atoms with Gasteiger partial charge in [0.15, 0.2) is 11.6 Å². The van der Waals surface area contributed by atoms with Crippen LogP contribution in [0.5, 0.6) is 0 Å². The number of benzene rings is 1. The van der Waals surface area contributed by atoms with Crippen molar-refractivity contribution >= 4 is 17.4 Å². The molecule has 0 aliphatic carbocycles. The Bertz CT molecular complexity index is 976. The second kappa shape index (κ2) is 6.91. The van der Waals surface area contributed by atoms with E-state index in [1.54, 1.807) is 42.6 Å². The molecule has 0 saturated carbocycles. The number of anilines is 1. The van der Waals surface area contributed by atoms with Crippen molar-refractivity contribution in [3.05, 3.63) is 64.9 Å². The van der Waals surface area contributed by atoms with Gasteiger partial charge in [0.05, 0.1) is 5.69 Å². The van der Waals surface area contributed by atoms with Gasteiger partial charge in [0, 0.05) is 23.5 Å². The molecule has 1 aromatic carbocycles. The van der Waals surface area contributed by atoms with Crippen LogP contribution in [-0.2, 0) is 11.3 Å². The van der Waals surface area contributed by atoms with E-state index in [0.717, 1.165) is 4.57 Å². The van der Waals surface area contributed by atoms with Gasteiger partial charge in [-0.1, -0.05) is 17.3 Å². The molecule has 0 unspecified atom stereocenters. The number of hydrogen-bond acceptors (Lipinski definition) is 6. The number of carbonyl (C=O) groups is 2. The minimum Gasteiger partial charge on any atom is -0.324 e. The van der Waals surface area contributed by atoms with Crippen molar-refractivity contribution < 1.29 is 14.1 Å². The SMILES string of the molecule is CC(=O)c1ccccc1NC(=O)Cn1c(-c2cccnc2)noc1=O. The van der Waals surface area contributed by atoms with Crippen LogP contribution in [-0.4, -0.2) is 26.4 Å². The number of nitrogens with one attached hydrogen (secondary N) is 1. The number of rotatable bonds is 5. The fourth-order valence-corrected chi connectivity index (χ4v) is 2.34. The molecule has 25 heavy (non-hydrogen) atoms. The second-order valence-electron chi connectivity index (χ2n) is 5.25. The molecule has 8 nitrogen and oxygen atoms in total. The van der Waals surface area contributed by atoms with Crippen molar-refractivity contribution in [1.82, 2.24) is 14.7 Å². The maximum absolute atomic E-state index is 12.3. The van der Waals surface area contributed by atoms with Gasteiger partial charge >= 0.3 is 5.76 Å². The number of pyridine rings is 1. The van der Waals surface area contributed by atoms with Gasteiger partial charge in [0.25, 0.3) is 0 Å². The Morgan fingerprint density at radius 1 is 1.20 bits per heavy atom. The highest BCUT2D eigenvalue weighted by Crippen LogP contribution is 2.17. The van der Waals surface area contributed by atoms with E-state index in [0.29, 0.717) is 16.8 Å². The van der Waals surface area contributed by atoms with Gasteiger partial charge in [-0.05, 0) is 31.2 Å². The highest BCUT2D eigenvalue weighted by molar-refractivity contribution is 6.03. The molecular formula is C17H14N4O4. The number of Topliss-reactive ketones (excluding diaryl/α,β-unsaturated/α-hetero) is 1. The highest BCUT2D eigenvalue weighted by atomic mass is 16.5. The quantitative estimate of drug-likeness (QED) is 0.710. The van der Waals surface area contributed by atoms with E-state index in [-0.39, 0.29) is 18.2 Å². The van der Waals surface area contributed by atoms with Crippen LogP contribution in [0.25, 0.3) is 11.4 Å². The molecule has 3 rings (SSSR count). The number of para-hydroxylation sites is 1. The topological polar surface area (TPSA) is 107 Å². The summed E-state index contributed by atoms with van der Waals surface area (Å²) in [6.45, 7) is 1.11. The zero-order valence-electron chi connectivity index (χ0n) is 13.3. The van der Waals surface area contributed by atoms with Gasteiger partial charge in [-0.3, -0.25) is 19.1 Å².